The molecule has 8 heteroatoms. The fourth-order valence-corrected chi connectivity index (χ4v) is 3.72. The van der Waals surface area contributed by atoms with Gasteiger partial charge in [0.25, 0.3) is 5.91 Å². The van der Waals surface area contributed by atoms with Crippen LogP contribution < -0.4 is 4.90 Å². The van der Waals surface area contributed by atoms with Gasteiger partial charge < -0.3 is 14.6 Å². The van der Waals surface area contributed by atoms with E-state index in [-0.39, 0.29) is 24.7 Å². The SMILES string of the molecule is CN1C(=O)c2ccccc2N2C(=O)CC[C@]12C(=O)OCC(=O)c1ccc[nH]1. The second-order valence-corrected chi connectivity index (χ2v) is 6.51. The highest BCUT2D eigenvalue weighted by atomic mass is 16.5. The van der Waals surface area contributed by atoms with Crippen LogP contribution in [0.25, 0.3) is 0 Å². The number of nitrogens with one attached hydrogen (secondary N) is 1. The Morgan fingerprint density at radius 1 is 1.19 bits per heavy atom. The van der Waals surface area contributed by atoms with E-state index in [1.54, 1.807) is 42.6 Å². The molecular weight excluding hydrogens is 350 g/mol. The maximum atomic E-state index is 13.0. The quantitative estimate of drug-likeness (QED) is 0.649. The maximum absolute atomic E-state index is 13.0. The van der Waals surface area contributed by atoms with Crippen LogP contribution in [0.4, 0.5) is 5.69 Å². The lowest BCUT2D eigenvalue weighted by Crippen LogP contribution is -2.67. The fraction of sp³-hybridized carbons (Fsp3) is 0.263. The number of fused-ring (bicyclic) bond motifs is 3. The number of carbonyl (C=O) groups is 4. The summed E-state index contributed by atoms with van der Waals surface area (Å²) in [5.74, 6) is -1.83. The fourth-order valence-electron chi connectivity index (χ4n) is 3.72. The zero-order valence-electron chi connectivity index (χ0n) is 14.6. The highest BCUT2D eigenvalue weighted by molar-refractivity contribution is 6.15. The molecule has 0 radical (unpaired) electrons. The molecule has 0 spiro atoms. The summed E-state index contributed by atoms with van der Waals surface area (Å²) in [5.41, 5.74) is -0.520. The van der Waals surface area contributed by atoms with E-state index in [0.29, 0.717) is 16.9 Å². The second-order valence-electron chi connectivity index (χ2n) is 6.51. The minimum atomic E-state index is -1.57. The summed E-state index contributed by atoms with van der Waals surface area (Å²) in [4.78, 5) is 55.8. The van der Waals surface area contributed by atoms with Crippen LogP contribution in [0, 0.1) is 0 Å². The van der Waals surface area contributed by atoms with Gasteiger partial charge in [0.05, 0.1) is 16.9 Å². The third-order valence-corrected chi connectivity index (χ3v) is 5.10. The van der Waals surface area contributed by atoms with E-state index >= 15 is 0 Å². The molecule has 4 rings (SSSR count). The van der Waals surface area contributed by atoms with Gasteiger partial charge in [-0.25, -0.2) is 4.79 Å². The van der Waals surface area contributed by atoms with Gasteiger partial charge in [-0.3, -0.25) is 19.3 Å². The van der Waals surface area contributed by atoms with Gasteiger partial charge in [-0.2, -0.15) is 0 Å². The number of esters is 1. The molecule has 1 N–H and O–H groups in total. The number of aromatic amines is 1. The summed E-state index contributed by atoms with van der Waals surface area (Å²) >= 11 is 0. The van der Waals surface area contributed by atoms with Gasteiger partial charge in [-0.15, -0.1) is 0 Å². The molecule has 2 aliphatic rings. The van der Waals surface area contributed by atoms with Crippen LogP contribution in [0.5, 0.6) is 0 Å². The van der Waals surface area contributed by atoms with Gasteiger partial charge >= 0.3 is 5.97 Å². The number of aromatic nitrogens is 1. The number of ketones is 1. The molecular formula is C19H17N3O5. The van der Waals surface area contributed by atoms with Crippen LogP contribution in [-0.2, 0) is 14.3 Å². The predicted molar refractivity (Wildman–Crippen MR) is 94.1 cm³/mol. The van der Waals surface area contributed by atoms with E-state index < -0.39 is 24.0 Å². The van der Waals surface area contributed by atoms with Gasteiger partial charge in [-0.1, -0.05) is 12.1 Å². The topological polar surface area (TPSA) is 99.8 Å². The first-order valence-electron chi connectivity index (χ1n) is 8.51. The number of Topliss-reactive ketones (excluding diaryl/α,β-unsaturated/α-hetero) is 1. The molecule has 0 aliphatic carbocycles. The standard InChI is InChI=1S/C19H17N3O5/c1-21-17(25)12-5-2-3-7-14(12)22-16(24)8-9-19(21,22)18(26)27-11-15(23)13-6-4-10-20-13/h2-7,10,20H,8-9,11H2,1H3/t19-/m0/s1. The lowest BCUT2D eigenvalue weighted by molar-refractivity contribution is -0.155. The number of rotatable bonds is 4. The van der Waals surface area contributed by atoms with Crippen LogP contribution >= 0.6 is 0 Å². The first kappa shape index (κ1) is 17.0. The highest BCUT2D eigenvalue weighted by Crippen LogP contribution is 2.44. The molecule has 1 fully saturated rings. The van der Waals surface area contributed by atoms with E-state index in [0.717, 1.165) is 0 Å². The molecule has 1 saturated heterocycles. The number of para-hydroxylation sites is 1. The minimum absolute atomic E-state index is 0.103. The molecule has 138 valence electrons. The average molecular weight is 367 g/mol. The van der Waals surface area contributed by atoms with Gasteiger partial charge in [0.1, 0.15) is 0 Å². The second kappa shape index (κ2) is 6.08. The van der Waals surface area contributed by atoms with Crippen LogP contribution in [0.2, 0.25) is 0 Å². The zero-order valence-corrected chi connectivity index (χ0v) is 14.6. The maximum Gasteiger partial charge on any atom is 0.354 e. The lowest BCUT2D eigenvalue weighted by atomic mass is 9.97. The molecule has 2 aromatic rings. The smallest absolute Gasteiger partial charge is 0.354 e. The Morgan fingerprint density at radius 3 is 2.70 bits per heavy atom. The molecule has 0 saturated carbocycles. The predicted octanol–water partition coefficient (Wildman–Crippen LogP) is 1.35. The van der Waals surface area contributed by atoms with Crippen molar-refractivity contribution in [3.8, 4) is 0 Å². The van der Waals surface area contributed by atoms with Gasteiger partial charge in [-0.05, 0) is 24.3 Å². The summed E-state index contributed by atoms with van der Waals surface area (Å²) in [6, 6.07) is 9.89. The van der Waals surface area contributed by atoms with Gasteiger partial charge in [0.2, 0.25) is 17.4 Å². The highest BCUT2D eigenvalue weighted by Gasteiger charge is 2.60. The van der Waals surface area contributed by atoms with Crippen LogP contribution in [0.15, 0.2) is 42.6 Å². The number of likely N-dealkylation sites (N-methyl/N-ethyl adjacent to an activating group) is 1. The third kappa shape index (κ3) is 2.37. The number of H-pyrrole nitrogens is 1. The van der Waals surface area contributed by atoms with Crippen molar-refractivity contribution in [1.82, 2.24) is 9.88 Å². The Labute approximate surface area is 154 Å². The first-order chi connectivity index (χ1) is 13.0. The van der Waals surface area contributed by atoms with Crippen LogP contribution in [0.3, 0.4) is 0 Å². The van der Waals surface area contributed by atoms with Crippen molar-refractivity contribution in [3.63, 3.8) is 0 Å². The molecule has 0 bridgehead atoms. The van der Waals surface area contributed by atoms with Crippen molar-refractivity contribution in [3.05, 3.63) is 53.9 Å². The van der Waals surface area contributed by atoms with E-state index in [4.69, 9.17) is 4.74 Å². The number of ether oxygens (including phenoxy) is 1. The molecule has 1 aromatic carbocycles. The number of nitrogens with zero attached hydrogens (tertiary/aromatic N) is 2. The van der Waals surface area contributed by atoms with Gasteiger partial charge in [0.15, 0.2) is 6.61 Å². The number of carbonyl (C=O) groups excluding carboxylic acids is 4. The Hall–Kier alpha value is -3.42. The van der Waals surface area contributed by atoms with Crippen molar-refractivity contribution in [2.45, 2.75) is 18.5 Å². The first-order valence-corrected chi connectivity index (χ1v) is 8.51. The summed E-state index contributed by atoms with van der Waals surface area (Å²) in [6.45, 7) is -0.479. The van der Waals surface area contributed by atoms with Crippen molar-refractivity contribution < 1.29 is 23.9 Å². The molecule has 2 amide bonds. The number of hydrogen-bond donors (Lipinski definition) is 1. The largest absolute Gasteiger partial charge is 0.454 e. The molecule has 3 heterocycles. The summed E-state index contributed by atoms with van der Waals surface area (Å²) in [6.07, 6.45) is 1.80. The molecule has 27 heavy (non-hydrogen) atoms. The Morgan fingerprint density at radius 2 is 1.96 bits per heavy atom. The third-order valence-electron chi connectivity index (χ3n) is 5.10. The number of anilines is 1. The lowest BCUT2D eigenvalue weighted by Gasteiger charge is -2.46. The zero-order chi connectivity index (χ0) is 19.2. The van der Waals surface area contributed by atoms with E-state index in [1.807, 2.05) is 0 Å². The Balaban J connectivity index is 1.67. The molecule has 0 unspecified atom stereocenters. The van der Waals surface area contributed by atoms with Gasteiger partial charge in [0, 0.05) is 26.1 Å². The monoisotopic (exact) mass is 367 g/mol. The van der Waals surface area contributed by atoms with E-state index in [2.05, 4.69) is 4.98 Å². The summed E-state index contributed by atoms with van der Waals surface area (Å²) in [5, 5.41) is 0. The Kier molecular flexibility index (Phi) is 3.83. The van der Waals surface area contributed by atoms with Crippen LogP contribution in [-0.4, -0.2) is 52.8 Å². The molecule has 1 aromatic heterocycles. The number of amides is 2. The van der Waals surface area contributed by atoms with Crippen LogP contribution in [0.1, 0.15) is 33.7 Å². The van der Waals surface area contributed by atoms with Crippen molar-refractivity contribution >= 4 is 29.3 Å². The average Bonchev–Trinajstić information content (AvgIpc) is 3.33. The number of benzene rings is 1. The van der Waals surface area contributed by atoms with E-state index in [1.165, 1.54) is 16.8 Å². The minimum Gasteiger partial charge on any atom is -0.454 e. The summed E-state index contributed by atoms with van der Waals surface area (Å²) < 4.78 is 5.26. The van der Waals surface area contributed by atoms with Crippen molar-refractivity contribution in [1.29, 1.82) is 0 Å². The van der Waals surface area contributed by atoms with E-state index in [9.17, 15) is 19.2 Å². The normalized spacial score (nSPS) is 21.1. The molecule has 2 aliphatic heterocycles. The van der Waals surface area contributed by atoms with Crippen molar-refractivity contribution in [2.75, 3.05) is 18.6 Å². The summed E-state index contributed by atoms with van der Waals surface area (Å²) in [7, 11) is 1.47. The Bertz CT molecular complexity index is 952. The molecule has 1 atom stereocenters. The number of hydrogen-bond acceptors (Lipinski definition) is 5. The molecule has 8 nitrogen and oxygen atoms in total. The van der Waals surface area contributed by atoms with Crippen molar-refractivity contribution in [2.24, 2.45) is 0 Å².